The number of fused-ring (bicyclic) bond motifs is 1. The van der Waals surface area contributed by atoms with Gasteiger partial charge in [-0.2, -0.15) is 0 Å². The summed E-state index contributed by atoms with van der Waals surface area (Å²) in [5.74, 6) is -0.911. The van der Waals surface area contributed by atoms with E-state index >= 15 is 0 Å². The van der Waals surface area contributed by atoms with E-state index in [4.69, 9.17) is 27.5 Å². The predicted molar refractivity (Wildman–Crippen MR) is 160 cm³/mol. The molecule has 1 amide bonds. The molecule has 0 unspecified atom stereocenters. The number of ether oxygens (including phenoxy) is 1. The predicted octanol–water partition coefficient (Wildman–Crippen LogP) is 5.49. The number of amides is 1. The van der Waals surface area contributed by atoms with E-state index in [0.29, 0.717) is 46.1 Å². The Bertz CT molecular complexity index is 1650. The molecule has 0 fully saturated rings. The number of carbonyl (C=O) groups excluding carboxylic acids is 1. The molecule has 0 aromatic heterocycles. The number of carbonyl (C=O) groups is 2. The van der Waals surface area contributed by atoms with E-state index in [1.165, 1.54) is 13.2 Å². The molecule has 0 atom stereocenters. The van der Waals surface area contributed by atoms with Crippen molar-refractivity contribution in [1.82, 2.24) is 5.32 Å². The highest BCUT2D eigenvalue weighted by atomic mass is 35.5. The number of amidine groups is 1. The standard InChI is InChI=1S/C32H29ClN4O4/c1-41-25-9-10-26(28(16-25)32(39)40)27-15-22(31(38)36-17-19-2-7-24(33)8-3-19)4-5-23(27)18-37-13-12-20-14-21(30(34)35)6-11-29(20)37/h2-11,14-16H,12-13,17-18H2,1H3,(H3,34,35)(H,36,38)(H,39,40). The number of aromatic carboxylic acids is 1. The minimum Gasteiger partial charge on any atom is -0.497 e. The summed E-state index contributed by atoms with van der Waals surface area (Å²) in [7, 11) is 1.49. The van der Waals surface area contributed by atoms with Crippen molar-refractivity contribution in [3.63, 3.8) is 0 Å². The normalized spacial score (nSPS) is 12.1. The third-order valence-electron chi connectivity index (χ3n) is 7.23. The molecule has 0 aliphatic carbocycles. The van der Waals surface area contributed by atoms with Gasteiger partial charge >= 0.3 is 5.97 Å². The number of carboxylic acid groups (broad SMARTS) is 1. The van der Waals surface area contributed by atoms with Crippen molar-refractivity contribution in [3.8, 4) is 16.9 Å². The number of nitrogens with one attached hydrogen (secondary N) is 2. The summed E-state index contributed by atoms with van der Waals surface area (Å²) in [6.45, 7) is 1.58. The fourth-order valence-corrected chi connectivity index (χ4v) is 5.19. The summed E-state index contributed by atoms with van der Waals surface area (Å²) >= 11 is 5.97. The monoisotopic (exact) mass is 568 g/mol. The molecule has 1 aliphatic rings. The first-order valence-corrected chi connectivity index (χ1v) is 13.4. The number of hydrogen-bond donors (Lipinski definition) is 4. The Labute approximate surface area is 242 Å². The van der Waals surface area contributed by atoms with Gasteiger partial charge in [-0.05, 0) is 94.9 Å². The lowest BCUT2D eigenvalue weighted by Gasteiger charge is -2.23. The minimum absolute atomic E-state index is 0.0270. The SMILES string of the molecule is COc1ccc(-c2cc(C(=O)NCc3ccc(Cl)cc3)ccc2CN2CCc3cc(C(=N)N)ccc32)c(C(=O)O)c1. The molecular formula is C32H29ClN4O4. The molecule has 9 heteroatoms. The summed E-state index contributed by atoms with van der Waals surface area (Å²) in [4.78, 5) is 27.7. The van der Waals surface area contributed by atoms with Gasteiger partial charge in [0.1, 0.15) is 11.6 Å². The summed E-state index contributed by atoms with van der Waals surface area (Å²) in [5.41, 5.74) is 11.9. The van der Waals surface area contributed by atoms with E-state index in [-0.39, 0.29) is 17.3 Å². The number of anilines is 1. The van der Waals surface area contributed by atoms with Crippen molar-refractivity contribution >= 4 is 35.0 Å². The zero-order chi connectivity index (χ0) is 29.1. The van der Waals surface area contributed by atoms with Crippen LogP contribution in [0.2, 0.25) is 5.02 Å². The minimum atomic E-state index is -1.09. The van der Waals surface area contributed by atoms with Gasteiger partial charge in [-0.25, -0.2) is 4.79 Å². The van der Waals surface area contributed by atoms with Gasteiger partial charge in [-0.3, -0.25) is 10.2 Å². The Morgan fingerprint density at radius 1 is 1.00 bits per heavy atom. The zero-order valence-electron chi connectivity index (χ0n) is 22.4. The maximum atomic E-state index is 13.2. The first-order chi connectivity index (χ1) is 19.7. The average Bonchev–Trinajstić information content (AvgIpc) is 3.38. The molecule has 1 heterocycles. The second-order valence-corrected chi connectivity index (χ2v) is 10.3. The van der Waals surface area contributed by atoms with E-state index in [1.807, 2.05) is 36.4 Å². The Kier molecular flexibility index (Phi) is 7.94. The molecular weight excluding hydrogens is 540 g/mol. The summed E-state index contributed by atoms with van der Waals surface area (Å²) < 4.78 is 5.27. The lowest BCUT2D eigenvalue weighted by Crippen LogP contribution is -2.23. The van der Waals surface area contributed by atoms with Gasteiger partial charge in [0, 0.05) is 41.5 Å². The number of rotatable bonds is 9. The Morgan fingerprint density at radius 3 is 2.46 bits per heavy atom. The smallest absolute Gasteiger partial charge is 0.336 e. The highest BCUT2D eigenvalue weighted by Crippen LogP contribution is 2.35. The van der Waals surface area contributed by atoms with Crippen LogP contribution in [0.5, 0.6) is 5.75 Å². The number of nitrogen functional groups attached to an aromatic ring is 1. The van der Waals surface area contributed by atoms with Crippen LogP contribution in [0.25, 0.3) is 11.1 Å². The fourth-order valence-electron chi connectivity index (χ4n) is 5.06. The largest absolute Gasteiger partial charge is 0.497 e. The van der Waals surface area contributed by atoms with Crippen LogP contribution in [0.1, 0.15) is 43.0 Å². The van der Waals surface area contributed by atoms with E-state index < -0.39 is 5.97 Å². The van der Waals surface area contributed by atoms with Crippen LogP contribution in [-0.2, 0) is 19.5 Å². The molecule has 5 rings (SSSR count). The molecule has 0 saturated carbocycles. The third-order valence-corrected chi connectivity index (χ3v) is 7.48. The Morgan fingerprint density at radius 2 is 1.76 bits per heavy atom. The molecule has 5 N–H and O–H groups in total. The van der Waals surface area contributed by atoms with Crippen LogP contribution in [-0.4, -0.2) is 36.5 Å². The van der Waals surface area contributed by atoms with Crippen molar-refractivity contribution in [2.75, 3.05) is 18.6 Å². The van der Waals surface area contributed by atoms with Gasteiger partial charge < -0.3 is 25.8 Å². The van der Waals surface area contributed by atoms with Crippen LogP contribution >= 0.6 is 11.6 Å². The van der Waals surface area contributed by atoms with Crippen molar-refractivity contribution in [3.05, 3.63) is 117 Å². The molecule has 41 heavy (non-hydrogen) atoms. The van der Waals surface area contributed by atoms with Crippen LogP contribution < -0.4 is 20.7 Å². The van der Waals surface area contributed by atoms with Gasteiger partial charge in [-0.1, -0.05) is 29.8 Å². The molecule has 4 aromatic rings. The van der Waals surface area contributed by atoms with Crippen molar-refractivity contribution in [2.45, 2.75) is 19.5 Å². The quantitative estimate of drug-likeness (QED) is 0.156. The zero-order valence-corrected chi connectivity index (χ0v) is 23.2. The van der Waals surface area contributed by atoms with Crippen LogP contribution in [0.4, 0.5) is 5.69 Å². The maximum Gasteiger partial charge on any atom is 0.336 e. The Balaban J connectivity index is 1.51. The van der Waals surface area contributed by atoms with E-state index in [0.717, 1.165) is 35.3 Å². The number of nitrogens with two attached hydrogens (primary N) is 1. The van der Waals surface area contributed by atoms with Crippen LogP contribution in [0.15, 0.2) is 78.9 Å². The number of nitrogens with zero attached hydrogens (tertiary/aromatic N) is 1. The lowest BCUT2D eigenvalue weighted by molar-refractivity contribution is 0.0697. The van der Waals surface area contributed by atoms with Gasteiger partial charge in [0.2, 0.25) is 0 Å². The van der Waals surface area contributed by atoms with E-state index in [9.17, 15) is 14.7 Å². The van der Waals surface area contributed by atoms with Gasteiger partial charge in [-0.15, -0.1) is 0 Å². The average molecular weight is 569 g/mol. The lowest BCUT2D eigenvalue weighted by atomic mass is 9.92. The van der Waals surface area contributed by atoms with E-state index in [2.05, 4.69) is 10.2 Å². The molecule has 0 saturated heterocycles. The van der Waals surface area contributed by atoms with Gasteiger partial charge in [0.15, 0.2) is 0 Å². The molecule has 8 nitrogen and oxygen atoms in total. The van der Waals surface area contributed by atoms with Crippen molar-refractivity contribution in [2.24, 2.45) is 5.73 Å². The first-order valence-electron chi connectivity index (χ1n) is 13.0. The summed E-state index contributed by atoms with van der Waals surface area (Å²) in [5, 5.41) is 21.3. The second kappa shape index (κ2) is 11.7. The van der Waals surface area contributed by atoms with Crippen LogP contribution in [0, 0.1) is 5.41 Å². The molecule has 0 spiro atoms. The van der Waals surface area contributed by atoms with Crippen LogP contribution in [0.3, 0.4) is 0 Å². The highest BCUT2D eigenvalue weighted by Gasteiger charge is 2.23. The van der Waals surface area contributed by atoms with E-state index in [1.54, 1.807) is 36.4 Å². The summed E-state index contributed by atoms with van der Waals surface area (Å²) in [6, 6.07) is 23.3. The fraction of sp³-hybridized carbons (Fsp3) is 0.156. The molecule has 208 valence electrons. The number of carboxylic acids is 1. The first kappa shape index (κ1) is 27.7. The molecule has 0 bridgehead atoms. The topological polar surface area (TPSA) is 129 Å². The Hall–Kier alpha value is -4.82. The van der Waals surface area contributed by atoms with Gasteiger partial charge in [0.05, 0.1) is 12.7 Å². The number of methoxy groups -OCH3 is 1. The number of halogens is 1. The van der Waals surface area contributed by atoms with Crippen molar-refractivity contribution in [1.29, 1.82) is 5.41 Å². The highest BCUT2D eigenvalue weighted by molar-refractivity contribution is 6.30. The maximum absolute atomic E-state index is 13.2. The molecule has 1 aliphatic heterocycles. The second-order valence-electron chi connectivity index (χ2n) is 9.83. The van der Waals surface area contributed by atoms with Gasteiger partial charge in [0.25, 0.3) is 5.91 Å². The van der Waals surface area contributed by atoms with Crippen molar-refractivity contribution < 1.29 is 19.4 Å². The molecule has 0 radical (unpaired) electrons. The summed E-state index contributed by atoms with van der Waals surface area (Å²) in [6.07, 6.45) is 0.805. The number of benzene rings is 4. The number of hydrogen-bond acceptors (Lipinski definition) is 5. The molecule has 4 aromatic carbocycles. The third kappa shape index (κ3) is 6.02.